The second kappa shape index (κ2) is 5.53. The van der Waals surface area contributed by atoms with Crippen molar-refractivity contribution in [1.29, 1.82) is 0 Å². The number of allylic oxidation sites excluding steroid dienone is 2. The summed E-state index contributed by atoms with van der Waals surface area (Å²) in [7, 11) is 0. The van der Waals surface area contributed by atoms with E-state index in [2.05, 4.69) is 65.8 Å². The average Bonchev–Trinajstić information content (AvgIpc) is 2.40. The van der Waals surface area contributed by atoms with E-state index in [1.165, 1.54) is 11.1 Å². The van der Waals surface area contributed by atoms with Crippen molar-refractivity contribution >= 4 is 0 Å². The van der Waals surface area contributed by atoms with E-state index in [0.29, 0.717) is 0 Å². The minimum Gasteiger partial charge on any atom is -0.0683 e. The highest BCUT2D eigenvalue weighted by molar-refractivity contribution is 5.54. The molecular weight excluding hydrogens is 228 g/mol. The highest BCUT2D eigenvalue weighted by Crippen LogP contribution is 2.49. The normalized spacial score (nSPS) is 19.4. The van der Waals surface area contributed by atoms with Crippen LogP contribution in [0, 0.1) is 0 Å². The van der Waals surface area contributed by atoms with Gasteiger partial charge in [-0.3, -0.25) is 0 Å². The molecule has 1 aromatic rings. The Morgan fingerprint density at radius 1 is 0.842 bits per heavy atom. The fourth-order valence-corrected chi connectivity index (χ4v) is 3.49. The second-order valence-corrected chi connectivity index (χ2v) is 6.25. The maximum atomic E-state index is 2.36. The van der Waals surface area contributed by atoms with Crippen LogP contribution >= 0.6 is 0 Å². The van der Waals surface area contributed by atoms with E-state index in [1.807, 2.05) is 13.8 Å². The first-order valence-electron chi connectivity index (χ1n) is 7.64. The summed E-state index contributed by atoms with van der Waals surface area (Å²) < 4.78 is 0. The summed E-state index contributed by atoms with van der Waals surface area (Å²) in [5.41, 5.74) is 6.54. The molecule has 0 fully saturated rings. The lowest BCUT2D eigenvalue weighted by Gasteiger charge is -2.44. The van der Waals surface area contributed by atoms with Crippen LogP contribution in [-0.4, -0.2) is 0 Å². The van der Waals surface area contributed by atoms with Crippen LogP contribution in [0.4, 0.5) is 0 Å². The summed E-state index contributed by atoms with van der Waals surface area (Å²) in [4.78, 5) is 0. The summed E-state index contributed by atoms with van der Waals surface area (Å²) in [6, 6.07) is 8.94. The summed E-state index contributed by atoms with van der Waals surface area (Å²) in [6.07, 6.45) is 1.15. The highest BCUT2D eigenvalue weighted by atomic mass is 14.4. The molecule has 0 unspecified atom stereocenters. The third-order valence-corrected chi connectivity index (χ3v) is 4.77. The van der Waals surface area contributed by atoms with Crippen molar-refractivity contribution < 1.29 is 0 Å². The average molecular weight is 258 g/mol. The van der Waals surface area contributed by atoms with E-state index >= 15 is 0 Å². The fraction of sp³-hybridized carbons (Fsp3) is 0.579. The van der Waals surface area contributed by atoms with Gasteiger partial charge >= 0.3 is 0 Å². The van der Waals surface area contributed by atoms with Crippen molar-refractivity contribution in [1.82, 2.24) is 0 Å². The van der Waals surface area contributed by atoms with E-state index in [9.17, 15) is 0 Å². The Morgan fingerprint density at radius 2 is 1.26 bits per heavy atom. The molecule has 0 radical (unpaired) electrons. The van der Waals surface area contributed by atoms with E-state index in [-0.39, 0.29) is 10.8 Å². The predicted molar refractivity (Wildman–Crippen MR) is 86.8 cm³/mol. The summed E-state index contributed by atoms with van der Waals surface area (Å²) in [5, 5.41) is 0. The van der Waals surface area contributed by atoms with E-state index < -0.39 is 0 Å². The van der Waals surface area contributed by atoms with Crippen molar-refractivity contribution in [3.8, 4) is 0 Å². The van der Waals surface area contributed by atoms with Crippen LogP contribution < -0.4 is 0 Å². The van der Waals surface area contributed by atoms with Crippen LogP contribution in [0.1, 0.15) is 72.9 Å². The van der Waals surface area contributed by atoms with Crippen LogP contribution in [-0.2, 0) is 10.8 Å². The molecule has 0 saturated carbocycles. The van der Waals surface area contributed by atoms with Gasteiger partial charge in [0.25, 0.3) is 0 Å². The van der Waals surface area contributed by atoms with E-state index in [1.54, 1.807) is 11.1 Å². The molecule has 0 spiro atoms. The van der Waals surface area contributed by atoms with Gasteiger partial charge in [0.1, 0.15) is 0 Å². The first-order valence-corrected chi connectivity index (χ1v) is 7.64. The molecule has 0 heterocycles. The van der Waals surface area contributed by atoms with Gasteiger partial charge in [-0.1, -0.05) is 83.9 Å². The Hall–Kier alpha value is -1.04. The van der Waals surface area contributed by atoms with Gasteiger partial charge in [0.15, 0.2) is 0 Å². The SMILES string of the molecule is CC.CCC1=C(C)C(C)(C)c2ccccc2C1(C)C. The maximum absolute atomic E-state index is 2.36. The standard InChI is InChI=1S/C17H24.C2H6/c1-7-13-12(2)16(3,4)14-10-8-9-11-15(14)17(13,5)6;1-2/h8-11H,7H2,1-6H3;1-2H3. The molecule has 0 bridgehead atoms. The van der Waals surface area contributed by atoms with Gasteiger partial charge in [0, 0.05) is 10.8 Å². The molecule has 1 aliphatic carbocycles. The molecule has 0 aromatic heterocycles. The Bertz CT molecular complexity index is 473. The van der Waals surface area contributed by atoms with Crippen molar-refractivity contribution in [3.05, 3.63) is 46.5 Å². The molecule has 0 aliphatic heterocycles. The lowest BCUT2D eigenvalue weighted by Crippen LogP contribution is -2.36. The van der Waals surface area contributed by atoms with Gasteiger partial charge in [-0.25, -0.2) is 0 Å². The number of hydrogen-bond donors (Lipinski definition) is 0. The lowest BCUT2D eigenvalue weighted by molar-refractivity contribution is 0.492. The zero-order valence-electron chi connectivity index (χ0n) is 14.0. The molecule has 0 atom stereocenters. The zero-order chi connectivity index (χ0) is 14.8. The van der Waals surface area contributed by atoms with Gasteiger partial charge in [0.05, 0.1) is 0 Å². The van der Waals surface area contributed by atoms with Crippen LogP contribution in [0.5, 0.6) is 0 Å². The van der Waals surface area contributed by atoms with Crippen LogP contribution in [0.25, 0.3) is 0 Å². The van der Waals surface area contributed by atoms with Gasteiger partial charge in [-0.05, 0) is 24.5 Å². The third-order valence-electron chi connectivity index (χ3n) is 4.77. The van der Waals surface area contributed by atoms with Crippen molar-refractivity contribution in [2.75, 3.05) is 0 Å². The summed E-state index contributed by atoms with van der Waals surface area (Å²) in [6.45, 7) is 18.0. The first kappa shape index (κ1) is 16.0. The van der Waals surface area contributed by atoms with E-state index in [0.717, 1.165) is 6.42 Å². The monoisotopic (exact) mass is 258 g/mol. The Balaban J connectivity index is 0.000000861. The molecule has 1 aromatic carbocycles. The van der Waals surface area contributed by atoms with Gasteiger partial charge < -0.3 is 0 Å². The summed E-state index contributed by atoms with van der Waals surface area (Å²) in [5.74, 6) is 0. The highest BCUT2D eigenvalue weighted by Gasteiger charge is 2.40. The van der Waals surface area contributed by atoms with Crippen molar-refractivity contribution in [2.24, 2.45) is 0 Å². The number of benzene rings is 1. The Labute approximate surface area is 119 Å². The first-order chi connectivity index (χ1) is 8.83. The zero-order valence-corrected chi connectivity index (χ0v) is 14.0. The largest absolute Gasteiger partial charge is 0.0683 e. The van der Waals surface area contributed by atoms with Crippen molar-refractivity contribution in [3.63, 3.8) is 0 Å². The molecule has 106 valence electrons. The second-order valence-electron chi connectivity index (χ2n) is 6.25. The molecule has 19 heavy (non-hydrogen) atoms. The summed E-state index contributed by atoms with van der Waals surface area (Å²) >= 11 is 0. The van der Waals surface area contributed by atoms with Gasteiger partial charge in [-0.15, -0.1) is 0 Å². The molecule has 2 rings (SSSR count). The van der Waals surface area contributed by atoms with Crippen LogP contribution in [0.15, 0.2) is 35.4 Å². The minimum atomic E-state index is 0.178. The Kier molecular flexibility index (Phi) is 4.66. The smallest absolute Gasteiger partial charge is 0.0111 e. The van der Waals surface area contributed by atoms with Crippen LogP contribution in [0.2, 0.25) is 0 Å². The van der Waals surface area contributed by atoms with Crippen LogP contribution in [0.3, 0.4) is 0 Å². The predicted octanol–water partition coefficient (Wildman–Crippen LogP) is 6.01. The topological polar surface area (TPSA) is 0 Å². The van der Waals surface area contributed by atoms with Crippen molar-refractivity contribution in [2.45, 2.75) is 72.6 Å². The molecule has 0 heteroatoms. The quantitative estimate of drug-likeness (QED) is 0.541. The molecule has 0 N–H and O–H groups in total. The number of fused-ring (bicyclic) bond motifs is 1. The number of hydrogen-bond acceptors (Lipinski definition) is 0. The van der Waals surface area contributed by atoms with Gasteiger partial charge in [0.2, 0.25) is 0 Å². The molecule has 0 nitrogen and oxygen atoms in total. The van der Waals surface area contributed by atoms with Gasteiger partial charge in [-0.2, -0.15) is 0 Å². The number of rotatable bonds is 1. The molecule has 0 saturated heterocycles. The third kappa shape index (κ3) is 2.38. The van der Waals surface area contributed by atoms with E-state index in [4.69, 9.17) is 0 Å². The molecule has 1 aliphatic rings. The Morgan fingerprint density at radius 3 is 1.68 bits per heavy atom. The molecular formula is C19H30. The minimum absolute atomic E-state index is 0.178. The lowest BCUT2D eigenvalue weighted by atomic mass is 9.60. The maximum Gasteiger partial charge on any atom is 0.0111 e. The molecule has 0 amide bonds. The fourth-order valence-electron chi connectivity index (χ4n) is 3.49.